The fourth-order valence-electron chi connectivity index (χ4n) is 5.05. The Hall–Kier alpha value is -0.570. The molecule has 18 heavy (non-hydrogen) atoms. The van der Waals surface area contributed by atoms with Gasteiger partial charge in [-0.3, -0.25) is 4.79 Å². The Balaban J connectivity index is 1.67. The number of carbonyl (C=O) groups excluding carboxylic acids is 1. The van der Waals surface area contributed by atoms with Crippen molar-refractivity contribution < 1.29 is 4.79 Å². The molecule has 4 aliphatic rings. The third-order valence-corrected chi connectivity index (χ3v) is 5.54. The van der Waals surface area contributed by atoms with Gasteiger partial charge in [0.15, 0.2) is 0 Å². The van der Waals surface area contributed by atoms with Crippen molar-refractivity contribution in [2.24, 2.45) is 23.7 Å². The summed E-state index contributed by atoms with van der Waals surface area (Å²) < 4.78 is 0. The maximum Gasteiger partial charge on any atom is 0.236 e. The minimum atomic E-state index is 0.286. The molecule has 102 valence electrons. The summed E-state index contributed by atoms with van der Waals surface area (Å²) in [5, 5.41) is 3.16. The SMILES string of the molecule is CCNCC(=O)N(C)C1C2CC3CC(C2)CC1C3. The fraction of sp³-hybridized carbons (Fsp3) is 0.933. The average Bonchev–Trinajstić information content (AvgIpc) is 2.34. The Labute approximate surface area is 110 Å². The number of carbonyl (C=O) groups is 1. The van der Waals surface area contributed by atoms with Crippen LogP contribution >= 0.6 is 0 Å². The van der Waals surface area contributed by atoms with Crippen LogP contribution in [-0.2, 0) is 4.79 Å². The van der Waals surface area contributed by atoms with Crippen LogP contribution in [0, 0.1) is 23.7 Å². The van der Waals surface area contributed by atoms with Gasteiger partial charge in [0.2, 0.25) is 5.91 Å². The van der Waals surface area contributed by atoms with Gasteiger partial charge >= 0.3 is 0 Å². The summed E-state index contributed by atoms with van der Waals surface area (Å²) in [4.78, 5) is 14.3. The Morgan fingerprint density at radius 3 is 2.17 bits per heavy atom. The van der Waals surface area contributed by atoms with Crippen molar-refractivity contribution >= 4 is 5.91 Å². The Bertz CT molecular complexity index is 300. The van der Waals surface area contributed by atoms with Crippen LogP contribution in [0.25, 0.3) is 0 Å². The van der Waals surface area contributed by atoms with Crippen LogP contribution in [-0.4, -0.2) is 37.0 Å². The van der Waals surface area contributed by atoms with Gasteiger partial charge in [0.05, 0.1) is 6.54 Å². The minimum absolute atomic E-state index is 0.286. The molecule has 0 radical (unpaired) electrons. The van der Waals surface area contributed by atoms with Crippen LogP contribution in [0.3, 0.4) is 0 Å². The number of hydrogen-bond acceptors (Lipinski definition) is 2. The molecule has 0 aromatic heterocycles. The molecule has 1 amide bonds. The summed E-state index contributed by atoms with van der Waals surface area (Å²) in [5.41, 5.74) is 0. The largest absolute Gasteiger partial charge is 0.341 e. The van der Waals surface area contributed by atoms with E-state index in [0.29, 0.717) is 12.6 Å². The number of rotatable bonds is 4. The van der Waals surface area contributed by atoms with Crippen LogP contribution < -0.4 is 5.32 Å². The molecular weight excluding hydrogens is 224 g/mol. The topological polar surface area (TPSA) is 32.3 Å². The summed E-state index contributed by atoms with van der Waals surface area (Å²) in [6, 6.07) is 0.545. The summed E-state index contributed by atoms with van der Waals surface area (Å²) in [6.45, 7) is 3.44. The van der Waals surface area contributed by atoms with Gasteiger partial charge in [-0.1, -0.05) is 6.92 Å². The molecule has 0 heterocycles. The number of nitrogens with one attached hydrogen (secondary N) is 1. The first kappa shape index (κ1) is 12.5. The monoisotopic (exact) mass is 250 g/mol. The van der Waals surface area contributed by atoms with Gasteiger partial charge in [-0.2, -0.15) is 0 Å². The molecule has 4 fully saturated rings. The van der Waals surface area contributed by atoms with E-state index >= 15 is 0 Å². The van der Waals surface area contributed by atoms with Crippen molar-refractivity contribution in [3.05, 3.63) is 0 Å². The average molecular weight is 250 g/mol. The Morgan fingerprint density at radius 2 is 1.67 bits per heavy atom. The summed E-state index contributed by atoms with van der Waals surface area (Å²) >= 11 is 0. The Morgan fingerprint density at radius 1 is 1.11 bits per heavy atom. The molecule has 0 spiro atoms. The molecule has 3 heteroatoms. The summed E-state index contributed by atoms with van der Waals surface area (Å²) in [5.74, 6) is 3.87. The maximum atomic E-state index is 12.2. The molecule has 4 rings (SSSR count). The second kappa shape index (κ2) is 4.84. The highest BCUT2D eigenvalue weighted by atomic mass is 16.2. The normalized spacial score (nSPS) is 41.1. The predicted octanol–water partition coefficient (Wildman–Crippen LogP) is 1.88. The van der Waals surface area contributed by atoms with E-state index < -0.39 is 0 Å². The highest BCUT2D eigenvalue weighted by molar-refractivity contribution is 5.78. The lowest BCUT2D eigenvalue weighted by Gasteiger charge is -2.56. The molecule has 1 N–H and O–H groups in total. The van der Waals surface area contributed by atoms with E-state index in [0.717, 1.165) is 30.2 Å². The van der Waals surface area contributed by atoms with Crippen molar-refractivity contribution in [1.29, 1.82) is 0 Å². The molecule has 4 bridgehead atoms. The van der Waals surface area contributed by atoms with Crippen molar-refractivity contribution in [2.75, 3.05) is 20.1 Å². The van der Waals surface area contributed by atoms with E-state index in [2.05, 4.69) is 17.1 Å². The van der Waals surface area contributed by atoms with Gasteiger partial charge in [-0.25, -0.2) is 0 Å². The molecule has 4 saturated carbocycles. The van der Waals surface area contributed by atoms with E-state index in [1.165, 1.54) is 32.1 Å². The van der Waals surface area contributed by atoms with E-state index in [1.807, 2.05) is 7.05 Å². The third-order valence-electron chi connectivity index (χ3n) is 5.54. The van der Waals surface area contributed by atoms with Crippen molar-refractivity contribution in [2.45, 2.75) is 45.1 Å². The van der Waals surface area contributed by atoms with Crippen LogP contribution in [0.1, 0.15) is 39.0 Å². The fourth-order valence-corrected chi connectivity index (χ4v) is 5.05. The third kappa shape index (κ3) is 2.07. The first-order valence-corrected chi connectivity index (χ1v) is 7.65. The highest BCUT2D eigenvalue weighted by Crippen LogP contribution is 2.54. The maximum absolute atomic E-state index is 12.2. The number of hydrogen-bond donors (Lipinski definition) is 1. The lowest BCUT2D eigenvalue weighted by Crippen LogP contribution is -2.57. The quantitative estimate of drug-likeness (QED) is 0.826. The van der Waals surface area contributed by atoms with Gasteiger partial charge in [0, 0.05) is 13.1 Å². The van der Waals surface area contributed by atoms with Crippen LogP contribution in [0.5, 0.6) is 0 Å². The molecule has 3 nitrogen and oxygen atoms in total. The van der Waals surface area contributed by atoms with Crippen LogP contribution in [0.15, 0.2) is 0 Å². The molecule has 0 saturated heterocycles. The number of likely N-dealkylation sites (N-methyl/N-ethyl adjacent to an activating group) is 2. The van der Waals surface area contributed by atoms with Crippen LogP contribution in [0.4, 0.5) is 0 Å². The molecule has 0 unspecified atom stereocenters. The molecule has 4 aliphatic carbocycles. The smallest absolute Gasteiger partial charge is 0.236 e. The number of nitrogens with zero attached hydrogens (tertiary/aromatic N) is 1. The van der Waals surface area contributed by atoms with Crippen molar-refractivity contribution in [3.8, 4) is 0 Å². The standard InChI is InChI=1S/C15H26N2O/c1-3-16-9-14(18)17(2)15-12-5-10-4-11(7-12)8-13(15)6-10/h10-13,15-16H,3-9H2,1-2H3. The lowest BCUT2D eigenvalue weighted by atomic mass is 9.54. The van der Waals surface area contributed by atoms with E-state index in [-0.39, 0.29) is 5.91 Å². The minimum Gasteiger partial charge on any atom is -0.341 e. The molecule has 0 aromatic carbocycles. The first-order valence-electron chi connectivity index (χ1n) is 7.65. The lowest BCUT2D eigenvalue weighted by molar-refractivity contribution is -0.140. The second-order valence-corrected chi connectivity index (χ2v) is 6.71. The molecule has 0 atom stereocenters. The van der Waals surface area contributed by atoms with Gasteiger partial charge in [0.1, 0.15) is 0 Å². The van der Waals surface area contributed by atoms with Gasteiger partial charge in [0.25, 0.3) is 0 Å². The molecule has 0 aromatic rings. The zero-order valence-electron chi connectivity index (χ0n) is 11.7. The predicted molar refractivity (Wildman–Crippen MR) is 72.1 cm³/mol. The van der Waals surface area contributed by atoms with Crippen molar-refractivity contribution in [1.82, 2.24) is 10.2 Å². The van der Waals surface area contributed by atoms with Gasteiger partial charge in [-0.05, 0) is 62.3 Å². The van der Waals surface area contributed by atoms with E-state index in [1.54, 1.807) is 0 Å². The molecular formula is C15H26N2O. The zero-order valence-corrected chi connectivity index (χ0v) is 11.7. The van der Waals surface area contributed by atoms with E-state index in [4.69, 9.17) is 0 Å². The summed E-state index contributed by atoms with van der Waals surface area (Å²) in [6.07, 6.45) is 7.02. The Kier molecular flexibility index (Phi) is 3.35. The van der Waals surface area contributed by atoms with Gasteiger partial charge in [-0.15, -0.1) is 0 Å². The van der Waals surface area contributed by atoms with Crippen molar-refractivity contribution in [3.63, 3.8) is 0 Å². The highest BCUT2D eigenvalue weighted by Gasteiger charge is 2.50. The summed E-state index contributed by atoms with van der Waals surface area (Å²) in [7, 11) is 2.03. The van der Waals surface area contributed by atoms with Gasteiger partial charge < -0.3 is 10.2 Å². The second-order valence-electron chi connectivity index (χ2n) is 6.71. The van der Waals surface area contributed by atoms with Crippen LogP contribution in [0.2, 0.25) is 0 Å². The van der Waals surface area contributed by atoms with E-state index in [9.17, 15) is 4.79 Å². The molecule has 0 aliphatic heterocycles. The first-order chi connectivity index (χ1) is 8.69. The zero-order chi connectivity index (χ0) is 12.7. The number of amides is 1.